The number of carbonyl (C=O) groups excluding carboxylic acids is 3. The zero-order chi connectivity index (χ0) is 24.8. The van der Waals surface area contributed by atoms with Crippen LogP contribution in [0.5, 0.6) is 0 Å². The average molecular weight is 468 g/mol. The Kier molecular flexibility index (Phi) is 7.99. The Morgan fingerprint density at radius 1 is 1.03 bits per heavy atom. The normalized spacial score (nSPS) is 10.9. The van der Waals surface area contributed by atoms with Crippen molar-refractivity contribution in [3.8, 4) is 0 Å². The Morgan fingerprint density at radius 3 is 2.41 bits per heavy atom. The number of rotatable bonds is 10. The Labute approximate surface area is 197 Å². The maximum atomic E-state index is 12.9. The van der Waals surface area contributed by atoms with Crippen LogP contribution in [0.2, 0.25) is 0 Å². The minimum Gasteiger partial charge on any atom is -0.465 e. The van der Waals surface area contributed by atoms with E-state index in [1.54, 1.807) is 38.1 Å². The Morgan fingerprint density at radius 2 is 1.74 bits per heavy atom. The van der Waals surface area contributed by atoms with Gasteiger partial charge in [0.2, 0.25) is 5.78 Å². The summed E-state index contributed by atoms with van der Waals surface area (Å²) in [6.45, 7) is 5.21. The number of carbonyl (C=O) groups is 3. The highest BCUT2D eigenvalue weighted by Gasteiger charge is 2.24. The molecule has 0 saturated carbocycles. The number of esters is 2. The van der Waals surface area contributed by atoms with Gasteiger partial charge in [-0.2, -0.15) is 5.10 Å². The molecule has 34 heavy (non-hydrogen) atoms. The molecular formula is C25H29N3O6. The molecule has 0 atom stereocenters. The summed E-state index contributed by atoms with van der Waals surface area (Å²) < 4.78 is 11.3. The molecule has 0 amide bonds. The van der Waals surface area contributed by atoms with Crippen LogP contribution < -0.4 is 5.56 Å². The first-order chi connectivity index (χ1) is 16.3. The molecule has 180 valence electrons. The summed E-state index contributed by atoms with van der Waals surface area (Å²) in [5, 5.41) is 5.00. The van der Waals surface area contributed by atoms with E-state index in [0.717, 1.165) is 25.7 Å². The topological polar surface area (TPSA) is 120 Å². The monoisotopic (exact) mass is 467 g/mol. The number of methoxy groups -OCH3 is 1. The second-order valence-electron chi connectivity index (χ2n) is 8.10. The number of aryl methyl sites for hydroxylation is 2. The van der Waals surface area contributed by atoms with Crippen molar-refractivity contribution >= 4 is 28.5 Å². The van der Waals surface area contributed by atoms with Gasteiger partial charge in [0.05, 0.1) is 23.8 Å². The Balaban J connectivity index is 1.83. The molecule has 3 aromatic rings. The van der Waals surface area contributed by atoms with Gasteiger partial charge < -0.3 is 14.5 Å². The predicted octanol–water partition coefficient (Wildman–Crippen LogP) is 3.75. The summed E-state index contributed by atoms with van der Waals surface area (Å²) in [7, 11) is 1.26. The van der Waals surface area contributed by atoms with Crippen molar-refractivity contribution in [3.63, 3.8) is 0 Å². The quantitative estimate of drug-likeness (QED) is 0.274. The molecule has 2 heterocycles. The minimum absolute atomic E-state index is 0.0203. The summed E-state index contributed by atoms with van der Waals surface area (Å²) in [5.41, 5.74) is 1.07. The molecular weight excluding hydrogens is 438 g/mol. The number of ether oxygens (including phenoxy) is 2. The molecule has 1 N–H and O–H groups in total. The number of nitrogens with one attached hydrogen (secondary N) is 1. The number of hydrogen-bond acceptors (Lipinski definition) is 7. The number of aromatic nitrogens is 3. The van der Waals surface area contributed by atoms with E-state index in [1.165, 1.54) is 11.8 Å². The minimum atomic E-state index is -0.805. The first-order valence-corrected chi connectivity index (χ1v) is 11.3. The van der Waals surface area contributed by atoms with E-state index < -0.39 is 24.3 Å². The molecule has 0 unspecified atom stereocenters. The molecule has 9 nitrogen and oxygen atoms in total. The molecule has 0 fully saturated rings. The Hall–Kier alpha value is -3.75. The van der Waals surface area contributed by atoms with E-state index >= 15 is 0 Å². The highest BCUT2D eigenvalue weighted by Crippen LogP contribution is 2.20. The van der Waals surface area contributed by atoms with Crippen molar-refractivity contribution in [3.05, 3.63) is 62.8 Å². The lowest BCUT2D eigenvalue weighted by atomic mass is 10.1. The van der Waals surface area contributed by atoms with E-state index in [9.17, 15) is 19.2 Å². The summed E-state index contributed by atoms with van der Waals surface area (Å²) in [6, 6.07) is 6.70. The zero-order valence-corrected chi connectivity index (χ0v) is 19.9. The van der Waals surface area contributed by atoms with E-state index in [2.05, 4.69) is 17.0 Å². The van der Waals surface area contributed by atoms with Gasteiger partial charge in [-0.3, -0.25) is 9.59 Å². The molecule has 0 aliphatic rings. The van der Waals surface area contributed by atoms with Crippen molar-refractivity contribution < 1.29 is 23.9 Å². The molecule has 0 spiro atoms. The van der Waals surface area contributed by atoms with Crippen molar-refractivity contribution in [2.24, 2.45) is 0 Å². The van der Waals surface area contributed by atoms with Gasteiger partial charge >= 0.3 is 11.9 Å². The number of Topliss-reactive ketones (excluding diaryl/α,β-unsaturated/α-hetero) is 1. The molecule has 0 aliphatic heterocycles. The van der Waals surface area contributed by atoms with Gasteiger partial charge in [-0.25, -0.2) is 14.3 Å². The summed E-state index contributed by atoms with van der Waals surface area (Å²) in [6.07, 6.45) is 3.83. The van der Waals surface area contributed by atoms with Gasteiger partial charge in [-0.05, 0) is 31.9 Å². The van der Waals surface area contributed by atoms with E-state index in [0.29, 0.717) is 28.6 Å². The molecule has 0 aliphatic carbocycles. The van der Waals surface area contributed by atoms with Crippen LogP contribution in [0, 0.1) is 13.8 Å². The summed E-state index contributed by atoms with van der Waals surface area (Å²) in [4.78, 5) is 53.3. The maximum Gasteiger partial charge on any atom is 0.359 e. The molecule has 0 bridgehead atoms. The standard InChI is InChI=1S/C25H29N3O6/c1-5-6-7-10-13-28-23(30)18-12-9-8-11-17(18)22(27-28)25(32)34-14-19(29)21-15(2)20(16(3)26-21)24(31)33-4/h8-9,11-12,26H,5-7,10,13-14H2,1-4H3. The number of H-pyrrole nitrogens is 1. The lowest BCUT2D eigenvalue weighted by molar-refractivity contribution is 0.0466. The number of unbranched alkanes of at least 4 members (excludes halogenated alkanes) is 3. The van der Waals surface area contributed by atoms with Gasteiger partial charge in [0, 0.05) is 17.6 Å². The third kappa shape index (κ3) is 5.08. The average Bonchev–Trinajstić information content (AvgIpc) is 3.14. The van der Waals surface area contributed by atoms with Gasteiger partial charge in [0.15, 0.2) is 12.3 Å². The third-order valence-electron chi connectivity index (χ3n) is 5.72. The highest BCUT2D eigenvalue weighted by atomic mass is 16.5. The Bertz CT molecular complexity index is 1290. The zero-order valence-electron chi connectivity index (χ0n) is 19.9. The fraction of sp³-hybridized carbons (Fsp3) is 0.400. The number of aromatic amines is 1. The molecule has 0 saturated heterocycles. The van der Waals surface area contributed by atoms with Gasteiger partial charge in [-0.1, -0.05) is 44.4 Å². The van der Waals surface area contributed by atoms with E-state index in [4.69, 9.17) is 9.47 Å². The summed E-state index contributed by atoms with van der Waals surface area (Å²) >= 11 is 0. The third-order valence-corrected chi connectivity index (χ3v) is 5.72. The van der Waals surface area contributed by atoms with Crippen molar-refractivity contribution in [1.29, 1.82) is 0 Å². The second kappa shape index (κ2) is 10.9. The van der Waals surface area contributed by atoms with Gasteiger partial charge in [0.1, 0.15) is 0 Å². The van der Waals surface area contributed by atoms with Crippen LogP contribution >= 0.6 is 0 Å². The molecule has 9 heteroatoms. The predicted molar refractivity (Wildman–Crippen MR) is 126 cm³/mol. The van der Waals surface area contributed by atoms with Crippen LogP contribution in [0.15, 0.2) is 29.1 Å². The van der Waals surface area contributed by atoms with Crippen LogP contribution in [0.4, 0.5) is 0 Å². The largest absolute Gasteiger partial charge is 0.465 e. The van der Waals surface area contributed by atoms with Crippen LogP contribution in [0.1, 0.15) is 75.2 Å². The second-order valence-corrected chi connectivity index (χ2v) is 8.10. The van der Waals surface area contributed by atoms with Crippen LogP contribution in [-0.4, -0.2) is 46.2 Å². The molecule has 0 radical (unpaired) electrons. The molecule has 2 aromatic heterocycles. The number of hydrogen-bond donors (Lipinski definition) is 1. The highest BCUT2D eigenvalue weighted by molar-refractivity contribution is 6.05. The first-order valence-electron chi connectivity index (χ1n) is 11.3. The molecule has 3 rings (SSSR count). The number of ketones is 1. The van der Waals surface area contributed by atoms with E-state index in [-0.39, 0.29) is 22.5 Å². The fourth-order valence-corrected chi connectivity index (χ4v) is 3.93. The first kappa shape index (κ1) is 24.9. The number of nitrogens with zero attached hydrogens (tertiary/aromatic N) is 2. The van der Waals surface area contributed by atoms with Gasteiger partial charge in [-0.15, -0.1) is 0 Å². The van der Waals surface area contributed by atoms with Gasteiger partial charge in [0.25, 0.3) is 5.56 Å². The smallest absolute Gasteiger partial charge is 0.359 e. The van der Waals surface area contributed by atoms with Crippen molar-refractivity contribution in [2.45, 2.75) is 53.0 Å². The summed E-state index contributed by atoms with van der Waals surface area (Å²) in [5.74, 6) is -1.86. The lowest BCUT2D eigenvalue weighted by Gasteiger charge is -2.11. The van der Waals surface area contributed by atoms with Crippen LogP contribution in [0.3, 0.4) is 0 Å². The number of fused-ring (bicyclic) bond motifs is 1. The maximum absolute atomic E-state index is 12.9. The van der Waals surface area contributed by atoms with Crippen molar-refractivity contribution in [1.82, 2.24) is 14.8 Å². The number of benzene rings is 1. The lowest BCUT2D eigenvalue weighted by Crippen LogP contribution is -2.27. The fourth-order valence-electron chi connectivity index (χ4n) is 3.93. The molecule has 1 aromatic carbocycles. The van der Waals surface area contributed by atoms with E-state index in [1.807, 2.05) is 0 Å². The van der Waals surface area contributed by atoms with Crippen molar-refractivity contribution in [2.75, 3.05) is 13.7 Å². The SMILES string of the molecule is CCCCCCn1nc(C(=O)OCC(=O)c2[nH]c(C)c(C(=O)OC)c2C)c2ccccc2c1=O. The van der Waals surface area contributed by atoms with Crippen LogP contribution in [-0.2, 0) is 16.0 Å². The van der Waals surface area contributed by atoms with Crippen LogP contribution in [0.25, 0.3) is 10.8 Å².